The molecule has 1 aromatic rings. The first kappa shape index (κ1) is 18.0. The minimum Gasteiger partial charge on any atom is -0.469 e. The number of furan rings is 1. The molecule has 138 valence electrons. The number of sulfone groups is 1. The predicted octanol–water partition coefficient (Wildman–Crippen LogP) is 1.70. The Morgan fingerprint density at radius 3 is 2.52 bits per heavy atom. The monoisotopic (exact) mass is 369 g/mol. The number of hydrogen-bond donors (Lipinski definition) is 0. The van der Waals surface area contributed by atoms with Crippen LogP contribution in [0, 0.1) is 6.92 Å². The van der Waals surface area contributed by atoms with Crippen molar-refractivity contribution in [3.05, 3.63) is 23.7 Å². The van der Waals surface area contributed by atoms with Gasteiger partial charge in [-0.15, -0.1) is 0 Å². The highest BCUT2D eigenvalue weighted by atomic mass is 32.2. The third kappa shape index (κ3) is 4.05. The second kappa shape index (κ2) is 7.19. The first-order valence-corrected chi connectivity index (χ1v) is 10.4. The van der Waals surface area contributed by atoms with E-state index in [1.165, 1.54) is 12.3 Å². The third-order valence-corrected chi connectivity index (χ3v) is 6.76. The predicted molar refractivity (Wildman–Crippen MR) is 89.9 cm³/mol. The van der Waals surface area contributed by atoms with E-state index in [1.54, 1.807) is 11.8 Å². The minimum absolute atomic E-state index is 0.00399. The summed E-state index contributed by atoms with van der Waals surface area (Å²) in [5.74, 6) is -0.368. The van der Waals surface area contributed by atoms with Gasteiger partial charge in [-0.3, -0.25) is 4.79 Å². The zero-order valence-electron chi connectivity index (χ0n) is 14.3. The molecular weight excluding hydrogens is 346 g/mol. The summed E-state index contributed by atoms with van der Waals surface area (Å²) in [5.41, 5.74) is 0.295. The molecule has 1 saturated heterocycles. The molecule has 7 nitrogen and oxygen atoms in total. The molecular formula is C17H23NO6S. The SMILES string of the molecule is Cc1occc1C(=O)OCC(=O)N(C1CCCC1)[C@@H]1CCS(=O)(=O)C1. The molecule has 1 aromatic heterocycles. The lowest BCUT2D eigenvalue weighted by Gasteiger charge is -2.33. The summed E-state index contributed by atoms with van der Waals surface area (Å²) in [6.07, 6.45) is 5.65. The van der Waals surface area contributed by atoms with Crippen LogP contribution in [0.3, 0.4) is 0 Å². The first-order chi connectivity index (χ1) is 11.9. The fraction of sp³-hybridized carbons (Fsp3) is 0.647. The molecule has 0 radical (unpaired) electrons. The molecule has 0 aromatic carbocycles. The van der Waals surface area contributed by atoms with Crippen molar-refractivity contribution in [1.29, 1.82) is 0 Å². The van der Waals surface area contributed by atoms with Crippen LogP contribution in [0.2, 0.25) is 0 Å². The van der Waals surface area contributed by atoms with Gasteiger partial charge in [0.1, 0.15) is 11.3 Å². The molecule has 2 fully saturated rings. The Balaban J connectivity index is 1.67. The van der Waals surface area contributed by atoms with E-state index < -0.39 is 15.8 Å². The number of amides is 1. The number of hydrogen-bond acceptors (Lipinski definition) is 6. The Labute approximate surface area is 147 Å². The number of carbonyl (C=O) groups is 2. The lowest BCUT2D eigenvalue weighted by Crippen LogP contribution is -2.48. The van der Waals surface area contributed by atoms with Gasteiger partial charge in [0.25, 0.3) is 5.91 Å². The zero-order chi connectivity index (χ0) is 18.0. The average molecular weight is 369 g/mol. The maximum Gasteiger partial charge on any atom is 0.342 e. The molecule has 0 bridgehead atoms. The molecule has 2 heterocycles. The van der Waals surface area contributed by atoms with Crippen molar-refractivity contribution in [3.8, 4) is 0 Å². The van der Waals surface area contributed by atoms with Gasteiger partial charge in [0.05, 0.1) is 17.8 Å². The summed E-state index contributed by atoms with van der Waals surface area (Å²) in [7, 11) is -3.09. The van der Waals surface area contributed by atoms with Crippen LogP contribution in [0.5, 0.6) is 0 Å². The quantitative estimate of drug-likeness (QED) is 0.734. The van der Waals surface area contributed by atoms with Crippen molar-refractivity contribution in [3.63, 3.8) is 0 Å². The molecule has 1 atom stereocenters. The largest absolute Gasteiger partial charge is 0.469 e. The minimum atomic E-state index is -3.09. The number of carbonyl (C=O) groups excluding carboxylic acids is 2. The Hall–Kier alpha value is -1.83. The van der Waals surface area contributed by atoms with Crippen molar-refractivity contribution in [2.24, 2.45) is 0 Å². The smallest absolute Gasteiger partial charge is 0.342 e. The Morgan fingerprint density at radius 2 is 1.96 bits per heavy atom. The number of aryl methyl sites for hydroxylation is 1. The second-order valence-corrected chi connectivity index (χ2v) is 8.99. The topological polar surface area (TPSA) is 93.9 Å². The van der Waals surface area contributed by atoms with E-state index in [0.717, 1.165) is 25.7 Å². The zero-order valence-corrected chi connectivity index (χ0v) is 15.1. The van der Waals surface area contributed by atoms with Crippen molar-refractivity contribution in [2.45, 2.75) is 51.1 Å². The molecule has 0 N–H and O–H groups in total. The summed E-state index contributed by atoms with van der Waals surface area (Å²) in [6.45, 7) is 1.27. The summed E-state index contributed by atoms with van der Waals surface area (Å²) in [6, 6.07) is 1.23. The number of esters is 1. The summed E-state index contributed by atoms with van der Waals surface area (Å²) >= 11 is 0. The van der Waals surface area contributed by atoms with E-state index in [4.69, 9.17) is 9.15 Å². The summed E-state index contributed by atoms with van der Waals surface area (Å²) < 4.78 is 33.8. The Kier molecular flexibility index (Phi) is 5.17. The number of rotatable bonds is 5. The fourth-order valence-electron chi connectivity index (χ4n) is 3.76. The molecule has 0 spiro atoms. The van der Waals surface area contributed by atoms with Gasteiger partial charge in [-0.1, -0.05) is 12.8 Å². The molecule has 1 saturated carbocycles. The van der Waals surface area contributed by atoms with Crippen molar-refractivity contribution < 1.29 is 27.2 Å². The van der Waals surface area contributed by atoms with Crippen LogP contribution in [0.25, 0.3) is 0 Å². The molecule has 1 aliphatic heterocycles. The van der Waals surface area contributed by atoms with Crippen LogP contribution in [0.15, 0.2) is 16.7 Å². The summed E-state index contributed by atoms with van der Waals surface area (Å²) in [4.78, 5) is 26.4. The van der Waals surface area contributed by atoms with Gasteiger partial charge in [0, 0.05) is 12.1 Å². The third-order valence-electron chi connectivity index (χ3n) is 5.01. The van der Waals surface area contributed by atoms with Crippen LogP contribution < -0.4 is 0 Å². The van der Waals surface area contributed by atoms with Gasteiger partial charge in [-0.2, -0.15) is 0 Å². The number of nitrogens with zero attached hydrogens (tertiary/aromatic N) is 1. The van der Waals surface area contributed by atoms with Gasteiger partial charge in [0.15, 0.2) is 16.4 Å². The van der Waals surface area contributed by atoms with Crippen LogP contribution in [-0.4, -0.2) is 55.4 Å². The highest BCUT2D eigenvalue weighted by Crippen LogP contribution is 2.29. The fourth-order valence-corrected chi connectivity index (χ4v) is 5.47. The first-order valence-electron chi connectivity index (χ1n) is 8.60. The normalized spacial score (nSPS) is 22.8. The summed E-state index contributed by atoms with van der Waals surface area (Å²) in [5, 5.41) is 0. The molecule has 2 aliphatic rings. The van der Waals surface area contributed by atoms with E-state index in [0.29, 0.717) is 17.7 Å². The lowest BCUT2D eigenvalue weighted by molar-refractivity contribution is -0.139. The van der Waals surface area contributed by atoms with E-state index in [2.05, 4.69) is 0 Å². The van der Waals surface area contributed by atoms with Gasteiger partial charge in [-0.25, -0.2) is 13.2 Å². The van der Waals surface area contributed by atoms with E-state index in [9.17, 15) is 18.0 Å². The van der Waals surface area contributed by atoms with E-state index in [-0.39, 0.29) is 36.1 Å². The van der Waals surface area contributed by atoms with E-state index >= 15 is 0 Å². The standard InChI is InChI=1S/C17H23NO6S/c1-12-15(6-8-23-12)17(20)24-10-16(19)18(13-4-2-3-5-13)14-7-9-25(21,22)11-14/h6,8,13-14H,2-5,7,9-11H2,1H3/t14-/m1/s1. The van der Waals surface area contributed by atoms with Crippen LogP contribution in [0.1, 0.15) is 48.2 Å². The van der Waals surface area contributed by atoms with Crippen LogP contribution in [-0.2, 0) is 19.4 Å². The van der Waals surface area contributed by atoms with Crippen molar-refractivity contribution in [1.82, 2.24) is 4.90 Å². The molecule has 8 heteroatoms. The lowest BCUT2D eigenvalue weighted by atomic mass is 10.1. The van der Waals surface area contributed by atoms with Gasteiger partial charge in [-0.05, 0) is 32.3 Å². The maximum absolute atomic E-state index is 12.7. The number of ether oxygens (including phenoxy) is 1. The van der Waals surface area contributed by atoms with E-state index in [1.807, 2.05) is 0 Å². The van der Waals surface area contributed by atoms with Crippen LogP contribution >= 0.6 is 0 Å². The van der Waals surface area contributed by atoms with Crippen molar-refractivity contribution >= 4 is 21.7 Å². The highest BCUT2D eigenvalue weighted by molar-refractivity contribution is 7.91. The van der Waals surface area contributed by atoms with Gasteiger partial charge in [0.2, 0.25) is 0 Å². The molecule has 25 heavy (non-hydrogen) atoms. The van der Waals surface area contributed by atoms with Gasteiger partial charge >= 0.3 is 5.97 Å². The molecule has 1 aliphatic carbocycles. The second-order valence-electron chi connectivity index (χ2n) is 6.76. The van der Waals surface area contributed by atoms with Gasteiger partial charge < -0.3 is 14.1 Å². The molecule has 0 unspecified atom stereocenters. The highest BCUT2D eigenvalue weighted by Gasteiger charge is 2.39. The average Bonchev–Trinajstić information content (AvgIpc) is 3.28. The van der Waals surface area contributed by atoms with Crippen LogP contribution in [0.4, 0.5) is 0 Å². The molecule has 1 amide bonds. The Bertz CT molecular complexity index is 747. The maximum atomic E-state index is 12.7. The Morgan fingerprint density at radius 1 is 1.24 bits per heavy atom. The van der Waals surface area contributed by atoms with Crippen molar-refractivity contribution in [2.75, 3.05) is 18.1 Å². The molecule has 3 rings (SSSR count).